The van der Waals surface area contributed by atoms with Crippen molar-refractivity contribution in [2.45, 2.75) is 59.4 Å². The van der Waals surface area contributed by atoms with Crippen LogP contribution >= 0.6 is 0 Å². The number of imidazole rings is 1. The minimum atomic E-state index is -0.338. The first-order chi connectivity index (χ1) is 17.7. The molecule has 1 fully saturated rings. The summed E-state index contributed by atoms with van der Waals surface area (Å²) in [7, 11) is 0. The molecular weight excluding hydrogens is 463 g/mol. The molecule has 1 aromatic heterocycles. The van der Waals surface area contributed by atoms with Crippen molar-refractivity contribution in [2.24, 2.45) is 11.3 Å². The number of aryl methyl sites for hydroxylation is 1. The van der Waals surface area contributed by atoms with Crippen molar-refractivity contribution < 1.29 is 9.18 Å². The highest BCUT2D eigenvalue weighted by Gasteiger charge is 2.34. The van der Waals surface area contributed by atoms with Gasteiger partial charge in [0.15, 0.2) is 0 Å². The van der Waals surface area contributed by atoms with Crippen LogP contribution in [0.3, 0.4) is 0 Å². The van der Waals surface area contributed by atoms with Gasteiger partial charge in [0.1, 0.15) is 5.82 Å². The van der Waals surface area contributed by atoms with Gasteiger partial charge >= 0.3 is 0 Å². The van der Waals surface area contributed by atoms with Gasteiger partial charge in [0.2, 0.25) is 5.95 Å². The van der Waals surface area contributed by atoms with Crippen molar-refractivity contribution in [2.75, 3.05) is 10.6 Å². The van der Waals surface area contributed by atoms with E-state index in [4.69, 9.17) is 4.98 Å². The molecule has 0 unspecified atom stereocenters. The summed E-state index contributed by atoms with van der Waals surface area (Å²) in [5.74, 6) is 0.823. The molecule has 0 bridgehead atoms. The van der Waals surface area contributed by atoms with E-state index in [2.05, 4.69) is 67.2 Å². The Kier molecular flexibility index (Phi) is 6.76. The first-order valence-electron chi connectivity index (χ1n) is 13.2. The Morgan fingerprint density at radius 1 is 1.03 bits per heavy atom. The van der Waals surface area contributed by atoms with Gasteiger partial charge in [-0.15, -0.1) is 0 Å². The molecule has 5 nitrogen and oxygen atoms in total. The highest BCUT2D eigenvalue weighted by atomic mass is 19.1. The molecule has 0 spiro atoms. The van der Waals surface area contributed by atoms with Crippen molar-refractivity contribution >= 4 is 34.3 Å². The summed E-state index contributed by atoms with van der Waals surface area (Å²) in [6, 6.07) is 20.2. The zero-order valence-electron chi connectivity index (χ0n) is 22.0. The van der Waals surface area contributed by atoms with E-state index in [0.29, 0.717) is 23.2 Å². The maximum absolute atomic E-state index is 13.3. The molecule has 0 aliphatic heterocycles. The van der Waals surface area contributed by atoms with Crippen LogP contribution in [-0.2, 0) is 6.42 Å². The highest BCUT2D eigenvalue weighted by molar-refractivity contribution is 6.06. The molecule has 1 saturated carbocycles. The van der Waals surface area contributed by atoms with Crippen LogP contribution in [0, 0.1) is 17.2 Å². The molecule has 6 heteroatoms. The van der Waals surface area contributed by atoms with Crippen LogP contribution < -0.4 is 10.6 Å². The number of halogens is 1. The maximum Gasteiger partial charge on any atom is 0.255 e. The molecule has 0 radical (unpaired) electrons. The normalized spacial score (nSPS) is 19.1. The van der Waals surface area contributed by atoms with Gasteiger partial charge in [-0.25, -0.2) is 9.37 Å². The number of rotatable bonds is 6. The van der Waals surface area contributed by atoms with Gasteiger partial charge in [-0.2, -0.15) is 0 Å². The minimum Gasteiger partial charge on any atom is -0.326 e. The maximum atomic E-state index is 13.3. The van der Waals surface area contributed by atoms with E-state index in [-0.39, 0.29) is 17.1 Å². The van der Waals surface area contributed by atoms with E-state index in [1.807, 2.05) is 18.2 Å². The van der Waals surface area contributed by atoms with Crippen LogP contribution in [0.1, 0.15) is 68.9 Å². The van der Waals surface area contributed by atoms with E-state index in [9.17, 15) is 9.18 Å². The van der Waals surface area contributed by atoms with Gasteiger partial charge in [-0.3, -0.25) is 4.79 Å². The first-order valence-corrected chi connectivity index (χ1v) is 13.2. The number of fused-ring (bicyclic) bond motifs is 1. The Morgan fingerprint density at radius 2 is 1.73 bits per heavy atom. The number of aromatic nitrogens is 2. The number of benzene rings is 3. The molecule has 0 saturated heterocycles. The zero-order valence-corrected chi connectivity index (χ0v) is 22.0. The molecule has 5 rings (SSSR count). The fourth-order valence-electron chi connectivity index (χ4n) is 5.88. The monoisotopic (exact) mass is 498 g/mol. The van der Waals surface area contributed by atoms with Crippen LogP contribution in [0.25, 0.3) is 11.0 Å². The second kappa shape index (κ2) is 10.0. The molecule has 2 atom stereocenters. The second-order valence-electron chi connectivity index (χ2n) is 11.2. The second-order valence-corrected chi connectivity index (χ2v) is 11.2. The van der Waals surface area contributed by atoms with Gasteiger partial charge < -0.3 is 15.2 Å². The number of anilines is 3. The number of carbonyl (C=O) groups excluding carboxylic acids is 1. The van der Waals surface area contributed by atoms with E-state index >= 15 is 0 Å². The molecule has 1 amide bonds. The third-order valence-corrected chi connectivity index (χ3v) is 7.40. The van der Waals surface area contributed by atoms with Crippen LogP contribution in [0.15, 0.2) is 66.7 Å². The first kappa shape index (κ1) is 25.0. The lowest BCUT2D eigenvalue weighted by atomic mass is 9.70. The fraction of sp³-hybridized carbons (Fsp3) is 0.355. The predicted molar refractivity (Wildman–Crippen MR) is 149 cm³/mol. The van der Waals surface area contributed by atoms with Crippen LogP contribution in [-0.4, -0.2) is 15.5 Å². The van der Waals surface area contributed by atoms with E-state index < -0.39 is 0 Å². The number of nitrogens with zero attached hydrogens (tertiary/aromatic N) is 2. The van der Waals surface area contributed by atoms with Gasteiger partial charge in [-0.05, 0) is 97.2 Å². The molecule has 1 aliphatic carbocycles. The Bertz CT molecular complexity index is 1410. The summed E-state index contributed by atoms with van der Waals surface area (Å²) >= 11 is 0. The Hall–Kier alpha value is -3.67. The number of carbonyl (C=O) groups is 1. The van der Waals surface area contributed by atoms with Crippen LogP contribution in [0.4, 0.5) is 21.7 Å². The SMILES string of the molecule is CCc1ccc(Nc2nc3cc(C(=O)Nc4ccc(F)cc4)ccc3n2[C@@H]2C[C@H](C)CC(C)(C)C2)cc1. The van der Waals surface area contributed by atoms with Crippen molar-refractivity contribution in [3.63, 3.8) is 0 Å². The minimum absolute atomic E-state index is 0.244. The summed E-state index contributed by atoms with van der Waals surface area (Å²) < 4.78 is 15.6. The fourth-order valence-corrected chi connectivity index (χ4v) is 5.88. The van der Waals surface area contributed by atoms with Crippen molar-refractivity contribution in [1.82, 2.24) is 9.55 Å². The van der Waals surface area contributed by atoms with Gasteiger partial charge in [0.25, 0.3) is 5.91 Å². The summed E-state index contributed by atoms with van der Waals surface area (Å²) in [4.78, 5) is 17.9. The van der Waals surface area contributed by atoms with E-state index in [1.54, 1.807) is 12.1 Å². The molecule has 4 aromatic rings. The van der Waals surface area contributed by atoms with Crippen LogP contribution in [0.2, 0.25) is 0 Å². The zero-order chi connectivity index (χ0) is 26.2. The van der Waals surface area contributed by atoms with E-state index in [1.165, 1.54) is 24.1 Å². The smallest absolute Gasteiger partial charge is 0.255 e. The summed E-state index contributed by atoms with van der Waals surface area (Å²) in [6.45, 7) is 9.19. The summed E-state index contributed by atoms with van der Waals surface area (Å²) in [6.07, 6.45) is 4.37. The Morgan fingerprint density at radius 3 is 2.41 bits per heavy atom. The lowest BCUT2D eigenvalue weighted by Gasteiger charge is -2.40. The largest absolute Gasteiger partial charge is 0.326 e. The molecule has 192 valence electrons. The topological polar surface area (TPSA) is 59.0 Å². The summed E-state index contributed by atoms with van der Waals surface area (Å²) in [5.41, 5.74) is 5.38. The Balaban J connectivity index is 1.52. The molecular formula is C31H35FN4O. The van der Waals surface area contributed by atoms with Gasteiger partial charge in [0, 0.05) is 23.0 Å². The number of hydrogen-bond donors (Lipinski definition) is 2. The standard InChI is InChI=1S/C31H35FN4O/c1-5-21-6-11-25(12-7-21)34-30-35-27-17-22(29(37)33-24-13-9-23(32)10-14-24)8-15-28(27)36(30)26-16-20(2)18-31(3,4)19-26/h6-15,17,20,26H,5,16,18-19H2,1-4H3,(H,33,37)(H,34,35)/t20-,26+/m0/s1. The molecule has 1 aliphatic rings. The van der Waals surface area contributed by atoms with Gasteiger partial charge in [-0.1, -0.05) is 39.8 Å². The average molecular weight is 499 g/mol. The number of nitrogens with one attached hydrogen (secondary N) is 2. The number of amides is 1. The lowest BCUT2D eigenvalue weighted by Crippen LogP contribution is -2.29. The third kappa shape index (κ3) is 5.53. The molecule has 1 heterocycles. The van der Waals surface area contributed by atoms with Crippen molar-refractivity contribution in [3.8, 4) is 0 Å². The third-order valence-electron chi connectivity index (χ3n) is 7.40. The quantitative estimate of drug-likeness (QED) is 0.282. The number of hydrogen-bond acceptors (Lipinski definition) is 3. The average Bonchev–Trinajstić information content (AvgIpc) is 3.21. The Labute approximate surface area is 218 Å². The lowest BCUT2D eigenvalue weighted by molar-refractivity contribution is 0.102. The van der Waals surface area contributed by atoms with Crippen LogP contribution in [0.5, 0.6) is 0 Å². The molecule has 37 heavy (non-hydrogen) atoms. The summed E-state index contributed by atoms with van der Waals surface area (Å²) in [5, 5.41) is 6.41. The van der Waals surface area contributed by atoms with Crippen molar-refractivity contribution in [3.05, 3.63) is 83.7 Å². The highest BCUT2D eigenvalue weighted by Crippen LogP contribution is 2.46. The van der Waals surface area contributed by atoms with E-state index in [0.717, 1.165) is 41.9 Å². The molecule has 3 aromatic carbocycles. The molecule has 2 N–H and O–H groups in total. The predicted octanol–water partition coefficient (Wildman–Crippen LogP) is 8.12. The van der Waals surface area contributed by atoms with Crippen molar-refractivity contribution in [1.29, 1.82) is 0 Å². The van der Waals surface area contributed by atoms with Gasteiger partial charge in [0.05, 0.1) is 11.0 Å².